The van der Waals surface area contributed by atoms with Crippen molar-refractivity contribution in [3.8, 4) is 11.8 Å². The van der Waals surface area contributed by atoms with E-state index in [1.54, 1.807) is 18.9 Å². The average molecular weight is 511 g/mol. The van der Waals surface area contributed by atoms with E-state index < -0.39 is 0 Å². The first kappa shape index (κ1) is 24.4. The van der Waals surface area contributed by atoms with Crippen molar-refractivity contribution in [3.05, 3.63) is 70.3 Å². The summed E-state index contributed by atoms with van der Waals surface area (Å²) < 4.78 is 7.57. The molecule has 6 rings (SSSR count). The summed E-state index contributed by atoms with van der Waals surface area (Å²) in [6.07, 6.45) is 9.09. The number of carbonyl (C=O) groups excluding carboxylic acids is 1. The second-order valence-electron chi connectivity index (χ2n) is 11.3. The number of benzene rings is 2. The van der Waals surface area contributed by atoms with Gasteiger partial charge in [-0.25, -0.2) is 0 Å². The lowest BCUT2D eigenvalue weighted by Crippen LogP contribution is -2.42. The fourth-order valence-corrected chi connectivity index (χ4v) is 8.79. The van der Waals surface area contributed by atoms with Crippen LogP contribution < -0.4 is 4.74 Å². The van der Waals surface area contributed by atoms with Crippen LogP contribution in [0.1, 0.15) is 55.2 Å². The monoisotopic (exact) mass is 510 g/mol. The average Bonchev–Trinajstić information content (AvgIpc) is 3.40. The molecule has 3 aromatic rings. The maximum Gasteiger partial charge on any atom is 0.147 e. The number of hydrogen-bond donors (Lipinski definition) is 0. The zero-order chi connectivity index (χ0) is 25.9. The highest BCUT2D eigenvalue weighted by molar-refractivity contribution is 8.02. The number of fused-ring (bicyclic) bond motifs is 6. The summed E-state index contributed by atoms with van der Waals surface area (Å²) in [4.78, 5) is 15.2. The molecule has 2 fully saturated rings. The van der Waals surface area contributed by atoms with Gasteiger partial charge in [0, 0.05) is 40.0 Å². The fourth-order valence-electron chi connectivity index (χ4n) is 7.94. The summed E-state index contributed by atoms with van der Waals surface area (Å²) in [5.74, 6) is 2.47. The van der Waals surface area contributed by atoms with Gasteiger partial charge in [0.25, 0.3) is 0 Å². The van der Waals surface area contributed by atoms with Crippen LogP contribution in [0.2, 0.25) is 0 Å². The lowest BCUT2D eigenvalue weighted by molar-refractivity contribution is -0.131. The van der Waals surface area contributed by atoms with Gasteiger partial charge in [-0.15, -0.1) is 11.8 Å². The number of ether oxygens (including phenoxy) is 1. The normalized spacial score (nSPS) is 29.2. The smallest absolute Gasteiger partial charge is 0.147 e. The van der Waals surface area contributed by atoms with E-state index in [0.29, 0.717) is 29.1 Å². The number of hydrogen-bond acceptors (Lipinski definition) is 4. The first-order valence-electron chi connectivity index (χ1n) is 13.3. The zero-order valence-corrected chi connectivity index (χ0v) is 22.9. The van der Waals surface area contributed by atoms with Crippen molar-refractivity contribution in [2.75, 3.05) is 13.4 Å². The lowest BCUT2D eigenvalue weighted by Gasteiger charge is -2.48. The Kier molecular flexibility index (Phi) is 5.99. The first-order chi connectivity index (χ1) is 17.9. The van der Waals surface area contributed by atoms with Crippen LogP contribution in [-0.4, -0.2) is 23.7 Å². The number of nitrogens with zero attached hydrogens (tertiary/aromatic N) is 2. The molecule has 1 unspecified atom stereocenters. The molecule has 0 spiro atoms. The molecule has 37 heavy (non-hydrogen) atoms. The van der Waals surface area contributed by atoms with Gasteiger partial charge in [-0.3, -0.25) is 4.79 Å². The fraction of sp³-hybridized carbons (Fsp3) is 0.438. The molecular formula is C32H34N2O2S. The van der Waals surface area contributed by atoms with Gasteiger partial charge >= 0.3 is 0 Å². The largest absolute Gasteiger partial charge is 0.497 e. The molecule has 5 heteroatoms. The topological polar surface area (TPSA) is 55.0 Å². The number of rotatable bonds is 4. The molecule has 4 nitrogen and oxygen atoms in total. The van der Waals surface area contributed by atoms with Crippen LogP contribution in [0, 0.1) is 34.5 Å². The number of Topliss-reactive ketones (excluding diaryl/α,β-unsaturated/α-hetero) is 1. The minimum Gasteiger partial charge on any atom is -0.497 e. The summed E-state index contributed by atoms with van der Waals surface area (Å²) >= 11 is 1.60. The maximum absolute atomic E-state index is 14.2. The number of nitriles is 1. The van der Waals surface area contributed by atoms with E-state index in [-0.39, 0.29) is 11.3 Å². The third kappa shape index (κ3) is 3.60. The molecule has 190 valence electrons. The lowest BCUT2D eigenvalue weighted by atomic mass is 9.55. The Bertz CT molecular complexity index is 1480. The molecule has 0 aliphatic heterocycles. The highest BCUT2D eigenvalue weighted by Gasteiger charge is 2.58. The van der Waals surface area contributed by atoms with E-state index in [2.05, 4.69) is 54.1 Å². The van der Waals surface area contributed by atoms with Crippen LogP contribution in [0.15, 0.2) is 53.6 Å². The van der Waals surface area contributed by atoms with Gasteiger partial charge in [0.1, 0.15) is 17.6 Å². The summed E-state index contributed by atoms with van der Waals surface area (Å²) in [5, 5.41) is 11.5. The van der Waals surface area contributed by atoms with Crippen molar-refractivity contribution in [2.24, 2.45) is 30.2 Å². The quantitative estimate of drug-likeness (QED) is 0.350. The van der Waals surface area contributed by atoms with E-state index in [1.165, 1.54) is 11.1 Å². The van der Waals surface area contributed by atoms with E-state index in [1.807, 2.05) is 25.4 Å². The predicted octanol–water partition coefficient (Wildman–Crippen LogP) is 7.14. The molecule has 1 aromatic heterocycles. The van der Waals surface area contributed by atoms with Crippen LogP contribution in [-0.2, 0) is 18.3 Å². The van der Waals surface area contributed by atoms with Crippen molar-refractivity contribution in [2.45, 2.75) is 44.9 Å². The first-order valence-corrected chi connectivity index (χ1v) is 14.6. The van der Waals surface area contributed by atoms with Crippen LogP contribution >= 0.6 is 11.8 Å². The van der Waals surface area contributed by atoms with E-state index in [4.69, 9.17) is 4.74 Å². The SMILES string of the molecule is COc1ccc2c(c1)CC[C@@H]1[C@@H]2CC[C@]2(C)C(=O)C(/C(SC)=C(/C#N)c3cn(C)c4ccccc34)C[C@@H]12. The molecule has 0 amide bonds. The van der Waals surface area contributed by atoms with Crippen molar-refractivity contribution in [1.82, 2.24) is 4.57 Å². The summed E-state index contributed by atoms with van der Waals surface area (Å²) in [7, 11) is 3.75. The van der Waals surface area contributed by atoms with Crippen LogP contribution in [0.5, 0.6) is 5.75 Å². The minimum absolute atomic E-state index is 0.199. The number of aromatic nitrogens is 1. The van der Waals surface area contributed by atoms with E-state index in [0.717, 1.165) is 59.2 Å². The highest BCUT2D eigenvalue weighted by Crippen LogP contribution is 2.62. The number of para-hydroxylation sites is 1. The zero-order valence-electron chi connectivity index (χ0n) is 22.1. The molecule has 1 heterocycles. The number of aryl methyl sites for hydroxylation is 2. The Morgan fingerprint density at radius 3 is 2.78 bits per heavy atom. The van der Waals surface area contributed by atoms with Crippen molar-refractivity contribution in [3.63, 3.8) is 0 Å². The predicted molar refractivity (Wildman–Crippen MR) is 150 cm³/mol. The molecule has 5 atom stereocenters. The summed E-state index contributed by atoms with van der Waals surface area (Å²) in [5.41, 5.74) is 5.28. The van der Waals surface area contributed by atoms with Crippen molar-refractivity contribution < 1.29 is 9.53 Å². The third-order valence-corrected chi connectivity index (χ3v) is 10.7. The minimum atomic E-state index is -0.309. The number of carbonyl (C=O) groups is 1. The number of allylic oxidation sites excluding steroid dienone is 2. The molecule has 2 saturated carbocycles. The second kappa shape index (κ2) is 9.10. The molecule has 0 saturated heterocycles. The highest BCUT2D eigenvalue weighted by atomic mass is 32.2. The summed E-state index contributed by atoms with van der Waals surface area (Å²) in [6.45, 7) is 2.22. The molecule has 3 aliphatic carbocycles. The van der Waals surface area contributed by atoms with Crippen LogP contribution in [0.4, 0.5) is 0 Å². The Morgan fingerprint density at radius 2 is 2.03 bits per heavy atom. The third-order valence-electron chi connectivity index (χ3n) is 9.75. The van der Waals surface area contributed by atoms with Crippen molar-refractivity contribution >= 4 is 34.0 Å². The van der Waals surface area contributed by atoms with Gasteiger partial charge in [0.05, 0.1) is 18.6 Å². The standard InChI is InChI=1S/C32H34N2O2S/c1-32-14-13-22-21-12-10-20(36-3)15-19(21)9-11-23(22)28(32)16-25(31(32)35)30(37-4)26(17-33)27-18-34(2)29-8-6-5-7-24(27)29/h5-8,10,12,15,18,22-23,25,28H,9,11,13-14,16H2,1-4H3/b30-26+/t22-,23-,25?,28+,32+/m1/s1. The Labute approximate surface area is 223 Å². The van der Waals surface area contributed by atoms with Gasteiger partial charge in [0.15, 0.2) is 0 Å². The van der Waals surface area contributed by atoms with Gasteiger partial charge in [-0.1, -0.05) is 31.2 Å². The molecular weight excluding hydrogens is 476 g/mol. The molecule has 3 aliphatic rings. The molecule has 0 radical (unpaired) electrons. The van der Waals surface area contributed by atoms with Crippen LogP contribution in [0.25, 0.3) is 16.5 Å². The number of methoxy groups -OCH3 is 1. The maximum atomic E-state index is 14.2. The summed E-state index contributed by atoms with van der Waals surface area (Å²) in [6, 6.07) is 17.3. The van der Waals surface area contributed by atoms with Gasteiger partial charge in [-0.05, 0) is 85.4 Å². The molecule has 2 aromatic carbocycles. The van der Waals surface area contributed by atoms with Gasteiger partial charge in [-0.2, -0.15) is 5.26 Å². The Morgan fingerprint density at radius 1 is 1.22 bits per heavy atom. The van der Waals surface area contributed by atoms with Crippen molar-refractivity contribution in [1.29, 1.82) is 5.26 Å². The Balaban J connectivity index is 1.39. The molecule has 0 bridgehead atoms. The second-order valence-corrected chi connectivity index (χ2v) is 12.2. The van der Waals surface area contributed by atoms with E-state index >= 15 is 0 Å². The Hall–Kier alpha value is -2.97. The number of thioether (sulfide) groups is 1. The number of ketones is 1. The van der Waals surface area contributed by atoms with E-state index in [9.17, 15) is 10.1 Å². The van der Waals surface area contributed by atoms with Gasteiger partial charge in [0.2, 0.25) is 0 Å². The van der Waals surface area contributed by atoms with Gasteiger partial charge < -0.3 is 9.30 Å². The van der Waals surface area contributed by atoms with Crippen LogP contribution in [0.3, 0.4) is 0 Å². The molecule has 0 N–H and O–H groups in total.